The van der Waals surface area contributed by atoms with Gasteiger partial charge in [0, 0.05) is 22.7 Å². The summed E-state index contributed by atoms with van der Waals surface area (Å²) in [6.07, 6.45) is 29.1. The largest absolute Gasteiger partial charge is 2.00 e. The number of carbonyl (C=O) groups excluding carboxylic acids is 2. The average molecular weight is 657 g/mol. The van der Waals surface area contributed by atoms with Gasteiger partial charge in [-0.15, -0.1) is 0 Å². The van der Waals surface area contributed by atoms with Crippen LogP contribution in [0.5, 0.6) is 0 Å². The molecule has 0 bridgehead atoms. The van der Waals surface area contributed by atoms with E-state index in [0.29, 0.717) is 23.5 Å². The standard InChI is InChI=1S/C36H49O3.C5H5.Fe.Li/c1-22(2)25-14-17-36(31(38)39)19-18-34(6)26(29(25)36)12-13-28-33(5)21-24(20-23-10-8-9-11-23)30(37)32(3,4)27(33)15-16-35(28,34)7;1-2-4-5-3-1;;/h8-11,20,25-29H,1,12-19,21H2,2-7H3,(H,38,39);1-5H;;/q;;+2;+1/p-1/b24-20+;;;/t25-,26+,27-,28+,29+,33-,34+,35+,36-;;;/m0.../s1. The van der Waals surface area contributed by atoms with Crippen LogP contribution in [0.1, 0.15) is 99.3 Å². The van der Waals surface area contributed by atoms with Crippen molar-refractivity contribution in [1.29, 1.82) is 0 Å². The SMILES string of the molecule is C=C(C)[C@@H]1CC[C@]2(C(=O)[O-])CC[C@]3(C)[C@H](CC[C@@H]4[C@@]5(C)C/C(=C\[C]6[CH][CH][CH][CH]6)C(=O)C(C)(C)[C@@H]5CC[C@]43C)[C@@H]12.[CH]1[CH][CH][CH][CH]1.[Fe+2].[Li+]. The van der Waals surface area contributed by atoms with Gasteiger partial charge >= 0.3 is 35.9 Å². The predicted molar refractivity (Wildman–Crippen MR) is 174 cm³/mol. The summed E-state index contributed by atoms with van der Waals surface area (Å²) in [5, 5.41) is 12.8. The Morgan fingerprint density at radius 2 is 1.43 bits per heavy atom. The predicted octanol–water partition coefficient (Wildman–Crippen LogP) is 4.93. The molecule has 0 saturated heterocycles. The molecule has 242 valence electrons. The molecule has 7 aliphatic rings. The molecule has 46 heavy (non-hydrogen) atoms. The van der Waals surface area contributed by atoms with Crippen LogP contribution in [0.3, 0.4) is 0 Å². The van der Waals surface area contributed by atoms with Crippen molar-refractivity contribution in [3.05, 3.63) is 87.5 Å². The topological polar surface area (TPSA) is 57.2 Å². The monoisotopic (exact) mass is 656 g/mol. The van der Waals surface area contributed by atoms with Crippen LogP contribution in [0.25, 0.3) is 0 Å². The zero-order chi connectivity index (χ0) is 31.7. The molecule has 0 N–H and O–H groups in total. The molecule has 0 aliphatic heterocycles. The molecule has 7 rings (SSSR count). The molecule has 0 aromatic rings. The van der Waals surface area contributed by atoms with Crippen molar-refractivity contribution in [2.24, 2.45) is 56.7 Å². The molecule has 7 aliphatic carbocycles. The number of Topliss-reactive ketones (excluding diaryl/α,β-unsaturated/α-hetero) is 1. The number of ketones is 1. The Hall–Kier alpha value is -0.263. The molecule has 0 unspecified atom stereocenters. The van der Waals surface area contributed by atoms with E-state index < -0.39 is 11.4 Å². The molecular formula is C41H53FeLiO3+2. The van der Waals surface area contributed by atoms with Crippen LogP contribution in [0, 0.1) is 120 Å². The third-order valence-corrected chi connectivity index (χ3v) is 14.6. The molecule has 5 heteroatoms. The van der Waals surface area contributed by atoms with Crippen molar-refractivity contribution in [1.82, 2.24) is 0 Å². The summed E-state index contributed by atoms with van der Waals surface area (Å²) in [6.45, 7) is 18.5. The summed E-state index contributed by atoms with van der Waals surface area (Å²) in [6, 6.07) is 0. The third kappa shape index (κ3) is 5.76. The van der Waals surface area contributed by atoms with Crippen molar-refractivity contribution >= 4 is 11.8 Å². The first-order valence-corrected chi connectivity index (χ1v) is 17.2. The number of hydrogen-bond donors (Lipinski definition) is 0. The normalized spacial score (nSPS) is 45.1. The van der Waals surface area contributed by atoms with Gasteiger partial charge in [0.1, 0.15) is 0 Å². The van der Waals surface area contributed by atoms with Gasteiger partial charge in [-0.25, -0.2) is 0 Å². The van der Waals surface area contributed by atoms with Crippen molar-refractivity contribution in [2.45, 2.75) is 99.3 Å². The summed E-state index contributed by atoms with van der Waals surface area (Å²) in [5.74, 6) is 2.34. The van der Waals surface area contributed by atoms with Crippen LogP contribution >= 0.6 is 0 Å². The van der Waals surface area contributed by atoms with Gasteiger partial charge in [0.25, 0.3) is 0 Å². The Morgan fingerprint density at radius 1 is 0.826 bits per heavy atom. The van der Waals surface area contributed by atoms with E-state index >= 15 is 0 Å². The van der Waals surface area contributed by atoms with E-state index in [9.17, 15) is 14.7 Å². The van der Waals surface area contributed by atoms with E-state index in [0.717, 1.165) is 74.9 Å². The number of carbonyl (C=O) groups is 2. The van der Waals surface area contributed by atoms with E-state index in [1.165, 1.54) is 0 Å². The molecule has 3 nitrogen and oxygen atoms in total. The van der Waals surface area contributed by atoms with Gasteiger partial charge in [-0.3, -0.25) is 4.79 Å². The quantitative estimate of drug-likeness (QED) is 0.246. The van der Waals surface area contributed by atoms with Crippen LogP contribution in [0.4, 0.5) is 0 Å². The van der Waals surface area contributed by atoms with Gasteiger partial charge in [0.05, 0.1) is 0 Å². The summed E-state index contributed by atoms with van der Waals surface area (Å²) in [7, 11) is 0. The average Bonchev–Trinajstić information content (AvgIpc) is 3.75. The number of hydrogen-bond acceptors (Lipinski definition) is 3. The van der Waals surface area contributed by atoms with Gasteiger partial charge in [-0.05, 0) is 174 Å². The van der Waals surface area contributed by atoms with Gasteiger partial charge < -0.3 is 9.90 Å². The Bertz CT molecular complexity index is 1190. The zero-order valence-corrected chi connectivity index (χ0v) is 30.4. The summed E-state index contributed by atoms with van der Waals surface area (Å²) < 4.78 is 0. The van der Waals surface area contributed by atoms with E-state index in [-0.39, 0.29) is 69.4 Å². The molecule has 10 radical (unpaired) electrons. The molecule has 0 amide bonds. The number of fused-ring (bicyclic) bond motifs is 7. The number of allylic oxidation sites excluding steroid dienone is 3. The molecule has 9 atom stereocenters. The van der Waals surface area contributed by atoms with Crippen LogP contribution in [0.15, 0.2) is 23.8 Å². The van der Waals surface area contributed by atoms with E-state index in [1.807, 2.05) is 44.9 Å². The minimum absolute atomic E-state index is 0. The van der Waals surface area contributed by atoms with Crippen molar-refractivity contribution in [3.63, 3.8) is 0 Å². The van der Waals surface area contributed by atoms with Crippen molar-refractivity contribution in [2.75, 3.05) is 0 Å². The fourth-order valence-electron chi connectivity index (χ4n) is 12.5. The Labute approximate surface area is 304 Å². The number of aliphatic carboxylic acids is 1. The second-order valence-electron chi connectivity index (χ2n) is 16.7. The van der Waals surface area contributed by atoms with E-state index in [2.05, 4.69) is 67.0 Å². The molecule has 7 fully saturated rings. The number of rotatable bonds is 3. The van der Waals surface area contributed by atoms with Crippen LogP contribution < -0.4 is 24.0 Å². The number of carboxylic acids is 1. The maximum absolute atomic E-state index is 13.9. The summed E-state index contributed by atoms with van der Waals surface area (Å²) >= 11 is 0. The van der Waals surface area contributed by atoms with E-state index in [1.54, 1.807) is 0 Å². The second kappa shape index (κ2) is 13.8. The molecule has 0 aromatic carbocycles. The van der Waals surface area contributed by atoms with Crippen molar-refractivity contribution in [3.8, 4) is 0 Å². The second-order valence-corrected chi connectivity index (χ2v) is 16.7. The van der Waals surface area contributed by atoms with Gasteiger partial charge in [0.2, 0.25) is 0 Å². The molecule has 0 spiro atoms. The van der Waals surface area contributed by atoms with Gasteiger partial charge in [-0.2, -0.15) is 0 Å². The first-order chi connectivity index (χ1) is 20.7. The van der Waals surface area contributed by atoms with Gasteiger partial charge in [-0.1, -0.05) is 52.8 Å². The maximum Gasteiger partial charge on any atom is 2.00 e. The fraction of sp³-hybridized carbons (Fsp3) is 0.610. The maximum atomic E-state index is 13.9. The van der Waals surface area contributed by atoms with Crippen LogP contribution in [0.2, 0.25) is 0 Å². The Balaban J connectivity index is 0.000000628. The molecular weight excluding hydrogens is 603 g/mol. The minimum atomic E-state index is -0.809. The van der Waals surface area contributed by atoms with Gasteiger partial charge in [0.15, 0.2) is 5.78 Å². The molecule has 7 saturated carbocycles. The van der Waals surface area contributed by atoms with Crippen LogP contribution in [-0.2, 0) is 26.7 Å². The molecule has 0 aromatic heterocycles. The smallest absolute Gasteiger partial charge is 0.550 e. The fourth-order valence-corrected chi connectivity index (χ4v) is 12.5. The first-order valence-electron chi connectivity index (χ1n) is 17.2. The Morgan fingerprint density at radius 3 is 2.00 bits per heavy atom. The van der Waals surface area contributed by atoms with Crippen molar-refractivity contribution < 1.29 is 50.6 Å². The summed E-state index contributed by atoms with van der Waals surface area (Å²) in [5.41, 5.74) is 1.33. The zero-order valence-electron chi connectivity index (χ0n) is 29.3. The van der Waals surface area contributed by atoms with Crippen LogP contribution in [-0.4, -0.2) is 11.8 Å². The minimum Gasteiger partial charge on any atom is -0.550 e. The van der Waals surface area contributed by atoms with E-state index in [4.69, 9.17) is 0 Å². The Kier molecular flexibility index (Phi) is 11.6. The third-order valence-electron chi connectivity index (χ3n) is 14.6. The summed E-state index contributed by atoms with van der Waals surface area (Å²) in [4.78, 5) is 26.7. The first kappa shape index (κ1) is 38.5. The molecule has 0 heterocycles. The number of carboxylic acid groups (broad SMARTS) is 1.